The van der Waals surface area contributed by atoms with E-state index in [1.165, 1.54) is 18.2 Å². The van der Waals surface area contributed by atoms with Crippen molar-refractivity contribution in [3.05, 3.63) is 35.9 Å². The van der Waals surface area contributed by atoms with Gasteiger partial charge in [0.1, 0.15) is 0 Å². The molecular formula is C15H8F10O2. The van der Waals surface area contributed by atoms with Crippen LogP contribution in [0.4, 0.5) is 43.9 Å². The molecule has 1 aliphatic rings. The van der Waals surface area contributed by atoms with E-state index in [0.29, 0.717) is 0 Å². The minimum Gasteiger partial charge on any atom is -0.295 e. The summed E-state index contributed by atoms with van der Waals surface area (Å²) in [4.78, 5) is 23.4. The third kappa shape index (κ3) is 2.48. The number of carbonyl (C=O) groups is 2. The van der Waals surface area contributed by atoms with E-state index >= 15 is 0 Å². The predicted octanol–water partition coefficient (Wildman–Crippen LogP) is 4.43. The first-order valence-corrected chi connectivity index (χ1v) is 7.02. The summed E-state index contributed by atoms with van der Waals surface area (Å²) in [6, 6.07) is 5.69. The smallest absolute Gasteiger partial charge is 0.295 e. The topological polar surface area (TPSA) is 34.1 Å². The molecule has 2 rings (SSSR count). The Morgan fingerprint density at radius 3 is 1.74 bits per heavy atom. The summed E-state index contributed by atoms with van der Waals surface area (Å²) in [7, 11) is 0. The zero-order chi connectivity index (χ0) is 21.1. The Hall–Kier alpha value is -2.14. The Morgan fingerprint density at radius 2 is 1.26 bits per heavy atom. The normalized spacial score (nSPS) is 30.5. The Morgan fingerprint density at radius 1 is 0.778 bits per heavy atom. The van der Waals surface area contributed by atoms with E-state index in [1.54, 1.807) is 0 Å². The fourth-order valence-corrected chi connectivity index (χ4v) is 2.52. The second kappa shape index (κ2) is 5.93. The van der Waals surface area contributed by atoms with E-state index < -0.39 is 59.1 Å². The molecule has 1 saturated carbocycles. The van der Waals surface area contributed by atoms with Gasteiger partial charge in [-0.05, 0) is 0 Å². The van der Waals surface area contributed by atoms with Crippen LogP contribution >= 0.6 is 0 Å². The van der Waals surface area contributed by atoms with Crippen LogP contribution in [0.1, 0.15) is 16.8 Å². The van der Waals surface area contributed by atoms with Crippen molar-refractivity contribution < 1.29 is 53.5 Å². The summed E-state index contributed by atoms with van der Waals surface area (Å²) in [6.45, 7) is 0. The van der Waals surface area contributed by atoms with Crippen LogP contribution in [0.15, 0.2) is 30.3 Å². The van der Waals surface area contributed by atoms with Crippen LogP contribution in [0, 0.1) is 0 Å². The second-order valence-electron chi connectivity index (χ2n) is 5.81. The number of hydrogen-bond acceptors (Lipinski definition) is 2. The molecule has 27 heavy (non-hydrogen) atoms. The number of carbonyl (C=O) groups excluding carboxylic acids is 2. The number of hydrogen-bond donors (Lipinski definition) is 0. The van der Waals surface area contributed by atoms with Crippen LogP contribution in [-0.2, 0) is 4.79 Å². The standard InChI is InChI=1S/C15H8F10O2/c16-10-11(17,9(27)6-8(26)7-4-2-1-3-5-7)13(20,21)15(24,25)14(22,23)12(10,18)19/h1-5,10H,6H2. The van der Waals surface area contributed by atoms with Crippen LogP contribution in [0.2, 0.25) is 0 Å². The quantitative estimate of drug-likeness (QED) is 0.418. The fourth-order valence-electron chi connectivity index (χ4n) is 2.52. The molecule has 1 aromatic carbocycles. The number of benzene rings is 1. The highest BCUT2D eigenvalue weighted by Crippen LogP contribution is 2.65. The van der Waals surface area contributed by atoms with Crippen LogP contribution in [0.25, 0.3) is 0 Å². The van der Waals surface area contributed by atoms with Gasteiger partial charge in [-0.2, -0.15) is 35.1 Å². The number of ketones is 2. The van der Waals surface area contributed by atoms with Crippen molar-refractivity contribution in [2.45, 2.75) is 42.0 Å². The molecule has 0 heterocycles. The molecule has 1 fully saturated rings. The minimum atomic E-state index is -7.12. The second-order valence-corrected chi connectivity index (χ2v) is 5.81. The maximum atomic E-state index is 14.4. The van der Waals surface area contributed by atoms with E-state index in [4.69, 9.17) is 0 Å². The molecule has 0 bridgehead atoms. The number of alkyl halides is 10. The molecule has 0 N–H and O–H groups in total. The SMILES string of the molecule is O=C(CC(=O)C1(F)C(F)C(F)(F)C(F)(F)C(F)(F)C1(F)F)c1ccccc1. The monoisotopic (exact) mass is 410 g/mol. The van der Waals surface area contributed by atoms with Gasteiger partial charge in [0.05, 0.1) is 6.42 Å². The zero-order valence-corrected chi connectivity index (χ0v) is 12.8. The van der Waals surface area contributed by atoms with E-state index in [1.807, 2.05) is 0 Å². The largest absolute Gasteiger partial charge is 0.382 e. The molecule has 0 aliphatic heterocycles. The number of halogens is 10. The lowest BCUT2D eigenvalue weighted by atomic mass is 9.71. The van der Waals surface area contributed by atoms with Crippen molar-refractivity contribution in [1.29, 1.82) is 0 Å². The average molecular weight is 410 g/mol. The van der Waals surface area contributed by atoms with E-state index in [2.05, 4.69) is 0 Å². The average Bonchev–Trinajstić information content (AvgIpc) is 2.59. The predicted molar refractivity (Wildman–Crippen MR) is 68.9 cm³/mol. The molecular weight excluding hydrogens is 402 g/mol. The summed E-state index contributed by atoms with van der Waals surface area (Å²) in [6.07, 6.45) is -7.36. The molecule has 1 aliphatic carbocycles. The third-order valence-electron chi connectivity index (χ3n) is 4.15. The van der Waals surface area contributed by atoms with Crippen molar-refractivity contribution >= 4 is 11.6 Å². The van der Waals surface area contributed by atoms with Gasteiger partial charge >= 0.3 is 23.7 Å². The minimum absolute atomic E-state index is 0.437. The molecule has 150 valence electrons. The number of Topliss-reactive ketones (excluding diaryl/α,β-unsaturated/α-hetero) is 2. The molecule has 0 radical (unpaired) electrons. The highest BCUT2D eigenvalue weighted by molar-refractivity contribution is 6.11. The molecule has 0 amide bonds. The summed E-state index contributed by atoms with van der Waals surface area (Å²) in [5.41, 5.74) is -6.50. The van der Waals surface area contributed by atoms with Gasteiger partial charge in [0, 0.05) is 5.56 Å². The highest BCUT2D eigenvalue weighted by atomic mass is 19.4. The van der Waals surface area contributed by atoms with Crippen molar-refractivity contribution in [1.82, 2.24) is 0 Å². The Bertz CT molecular complexity index is 761. The zero-order valence-electron chi connectivity index (χ0n) is 12.8. The van der Waals surface area contributed by atoms with Crippen LogP contribution in [0.3, 0.4) is 0 Å². The van der Waals surface area contributed by atoms with Crippen LogP contribution in [0.5, 0.6) is 0 Å². The fraction of sp³-hybridized carbons (Fsp3) is 0.467. The molecule has 2 atom stereocenters. The molecule has 2 nitrogen and oxygen atoms in total. The molecule has 0 spiro atoms. The van der Waals surface area contributed by atoms with Gasteiger partial charge in [0.2, 0.25) is 6.17 Å². The first-order chi connectivity index (χ1) is 12.1. The van der Waals surface area contributed by atoms with Gasteiger partial charge in [-0.1, -0.05) is 30.3 Å². The van der Waals surface area contributed by atoms with Gasteiger partial charge in [-0.25, -0.2) is 8.78 Å². The molecule has 1 aromatic rings. The van der Waals surface area contributed by atoms with Crippen molar-refractivity contribution in [3.8, 4) is 0 Å². The molecule has 12 heteroatoms. The molecule has 0 aromatic heterocycles. The lowest BCUT2D eigenvalue weighted by Crippen LogP contribution is -2.81. The van der Waals surface area contributed by atoms with Crippen LogP contribution < -0.4 is 0 Å². The maximum Gasteiger partial charge on any atom is 0.382 e. The summed E-state index contributed by atoms with van der Waals surface area (Å²) in [5.74, 6) is -32.1. The van der Waals surface area contributed by atoms with Gasteiger partial charge in [-0.15, -0.1) is 0 Å². The Kier molecular flexibility index (Phi) is 4.65. The van der Waals surface area contributed by atoms with Crippen molar-refractivity contribution in [2.75, 3.05) is 0 Å². The molecule has 2 unspecified atom stereocenters. The molecule has 0 saturated heterocycles. The third-order valence-corrected chi connectivity index (χ3v) is 4.15. The lowest BCUT2D eigenvalue weighted by Gasteiger charge is -2.49. The van der Waals surface area contributed by atoms with Crippen LogP contribution in [-0.4, -0.2) is 47.1 Å². The Labute approximate surface area is 144 Å². The van der Waals surface area contributed by atoms with E-state index in [9.17, 15) is 53.5 Å². The Balaban J connectivity index is 2.52. The van der Waals surface area contributed by atoms with E-state index in [-0.39, 0.29) is 0 Å². The summed E-state index contributed by atoms with van der Waals surface area (Å²) >= 11 is 0. The van der Waals surface area contributed by atoms with Crippen molar-refractivity contribution in [2.24, 2.45) is 0 Å². The maximum absolute atomic E-state index is 14.4. The first kappa shape index (κ1) is 21.2. The van der Waals surface area contributed by atoms with Gasteiger partial charge < -0.3 is 0 Å². The number of rotatable bonds is 4. The van der Waals surface area contributed by atoms with Gasteiger partial charge in [0.25, 0.3) is 5.67 Å². The summed E-state index contributed by atoms with van der Waals surface area (Å²) in [5, 5.41) is 0. The van der Waals surface area contributed by atoms with Gasteiger partial charge in [-0.3, -0.25) is 9.59 Å². The lowest BCUT2D eigenvalue weighted by molar-refractivity contribution is -0.434. The van der Waals surface area contributed by atoms with E-state index in [0.717, 1.165) is 12.1 Å². The highest BCUT2D eigenvalue weighted by Gasteiger charge is 2.96. The first-order valence-electron chi connectivity index (χ1n) is 7.02. The summed E-state index contributed by atoms with van der Waals surface area (Å²) < 4.78 is 135. The van der Waals surface area contributed by atoms with Gasteiger partial charge in [0.15, 0.2) is 11.6 Å². The van der Waals surface area contributed by atoms with Crippen molar-refractivity contribution in [3.63, 3.8) is 0 Å².